The van der Waals surface area contributed by atoms with Crippen LogP contribution in [0.1, 0.15) is 130 Å². The Kier molecular flexibility index (Phi) is 18.6. The van der Waals surface area contributed by atoms with E-state index in [0.29, 0.717) is 0 Å². The van der Waals surface area contributed by atoms with E-state index in [-0.39, 0.29) is 75.5 Å². The molecule has 1 fully saturated rings. The van der Waals surface area contributed by atoms with Crippen LogP contribution in [0.25, 0.3) is 0 Å². The lowest BCUT2D eigenvalue weighted by molar-refractivity contribution is -0.172. The molecule has 0 radical (unpaired) electrons. The van der Waals surface area contributed by atoms with Crippen LogP contribution in [0.5, 0.6) is 0 Å². The molecule has 38 heavy (non-hydrogen) atoms. The summed E-state index contributed by atoms with van der Waals surface area (Å²) >= 11 is 0. The molecule has 8 heteroatoms. The third kappa shape index (κ3) is 15.3. The van der Waals surface area contributed by atoms with Crippen LogP contribution in [0.15, 0.2) is 0 Å². The molecule has 0 aliphatic heterocycles. The molecule has 0 aromatic heterocycles. The van der Waals surface area contributed by atoms with Crippen LogP contribution >= 0.6 is 0 Å². The molecular weight excluding hydrogens is 488 g/mol. The van der Waals surface area contributed by atoms with Gasteiger partial charge in [-0.1, -0.05) is 78.6 Å². The number of unbranched alkanes of at least 4 members (excludes halogenated alkanes) is 6. The highest BCUT2D eigenvalue weighted by Crippen LogP contribution is 2.27. The van der Waals surface area contributed by atoms with Crippen molar-refractivity contribution >= 4 is 23.9 Å². The number of hydrogen-bond acceptors (Lipinski definition) is 8. The monoisotopic (exact) mass is 540 g/mol. The van der Waals surface area contributed by atoms with Gasteiger partial charge in [-0.2, -0.15) is 0 Å². The highest BCUT2D eigenvalue weighted by atomic mass is 16.6. The van der Waals surface area contributed by atoms with Gasteiger partial charge in [-0.15, -0.1) is 0 Å². The number of ether oxygens (including phenoxy) is 4. The fraction of sp³-hybridized carbons (Fsp3) is 0.867. The third-order valence-corrected chi connectivity index (χ3v) is 7.03. The van der Waals surface area contributed by atoms with Gasteiger partial charge in [-0.25, -0.2) is 0 Å². The fourth-order valence-corrected chi connectivity index (χ4v) is 4.41. The van der Waals surface area contributed by atoms with Crippen molar-refractivity contribution in [1.29, 1.82) is 0 Å². The molecule has 1 aliphatic carbocycles. The third-order valence-electron chi connectivity index (χ3n) is 7.03. The lowest BCUT2D eigenvalue weighted by Crippen LogP contribution is -2.44. The summed E-state index contributed by atoms with van der Waals surface area (Å²) in [6, 6.07) is 0. The first kappa shape index (κ1) is 33.9. The maximum absolute atomic E-state index is 12.8. The van der Waals surface area contributed by atoms with Crippen molar-refractivity contribution in [2.75, 3.05) is 26.4 Å². The maximum atomic E-state index is 12.8. The second-order valence-corrected chi connectivity index (χ2v) is 10.8. The van der Waals surface area contributed by atoms with Crippen molar-refractivity contribution < 1.29 is 38.1 Å². The average molecular weight is 541 g/mol. The molecule has 0 aromatic carbocycles. The van der Waals surface area contributed by atoms with Gasteiger partial charge in [0.25, 0.3) is 0 Å². The Labute approximate surface area is 229 Å². The van der Waals surface area contributed by atoms with Crippen molar-refractivity contribution in [3.05, 3.63) is 0 Å². The van der Waals surface area contributed by atoms with Crippen LogP contribution in [0.2, 0.25) is 0 Å². The largest absolute Gasteiger partial charge is 0.465 e. The lowest BCUT2D eigenvalue weighted by Gasteiger charge is -2.32. The number of rotatable bonds is 21. The Balaban J connectivity index is 2.96. The fourth-order valence-electron chi connectivity index (χ4n) is 4.41. The number of carbonyl (C=O) groups excluding carboxylic acids is 4. The van der Waals surface area contributed by atoms with Crippen molar-refractivity contribution in [1.82, 2.24) is 0 Å². The summed E-state index contributed by atoms with van der Waals surface area (Å²) in [6.45, 7) is 5.51. The second kappa shape index (κ2) is 20.8. The molecule has 0 aromatic rings. The normalized spacial score (nSPS) is 14.1. The van der Waals surface area contributed by atoms with Crippen molar-refractivity contribution in [2.24, 2.45) is 11.3 Å². The molecule has 8 nitrogen and oxygen atoms in total. The summed E-state index contributed by atoms with van der Waals surface area (Å²) in [4.78, 5) is 50.1. The molecule has 0 bridgehead atoms. The minimum absolute atomic E-state index is 0.158. The number of carbonyl (C=O) groups is 4. The Hall–Kier alpha value is -2.12. The van der Waals surface area contributed by atoms with Gasteiger partial charge in [0, 0.05) is 19.3 Å². The first-order chi connectivity index (χ1) is 18.4. The number of hydrogen-bond donors (Lipinski definition) is 0. The van der Waals surface area contributed by atoms with E-state index in [0.717, 1.165) is 89.9 Å². The molecule has 0 saturated heterocycles. The van der Waals surface area contributed by atoms with Crippen molar-refractivity contribution in [2.45, 2.75) is 130 Å². The molecule has 0 heterocycles. The molecule has 1 aliphatic rings. The van der Waals surface area contributed by atoms with E-state index >= 15 is 0 Å². The molecular formula is C30H52O8. The predicted molar refractivity (Wildman–Crippen MR) is 145 cm³/mol. The molecule has 0 amide bonds. The Morgan fingerprint density at radius 1 is 0.553 bits per heavy atom. The van der Waals surface area contributed by atoms with E-state index in [1.165, 1.54) is 0 Å². The SMILES string of the molecule is CCCCCC(=O)OCC(COC(=O)CCCCC)(COC(=O)CCCCC)COC(=O)C1CCCCC1. The second-order valence-electron chi connectivity index (χ2n) is 10.8. The van der Waals surface area contributed by atoms with Crippen LogP contribution in [0.4, 0.5) is 0 Å². The molecule has 0 unspecified atom stereocenters. The standard InChI is InChI=1S/C30H52O8/c1-4-7-11-18-26(31)35-21-30(22-36-27(32)19-12-8-5-2,23-37-28(33)20-13-9-6-3)24-38-29(34)25-16-14-10-15-17-25/h25H,4-24H2,1-3H3. The van der Waals surface area contributed by atoms with Crippen LogP contribution in [0.3, 0.4) is 0 Å². The zero-order valence-electron chi connectivity index (χ0n) is 24.2. The molecule has 0 atom stereocenters. The van der Waals surface area contributed by atoms with E-state index in [2.05, 4.69) is 20.8 Å². The van der Waals surface area contributed by atoms with E-state index in [4.69, 9.17) is 18.9 Å². The molecule has 1 saturated carbocycles. The topological polar surface area (TPSA) is 105 Å². The molecule has 1 rings (SSSR count). The summed E-state index contributed by atoms with van der Waals surface area (Å²) in [5.41, 5.74) is -1.16. The van der Waals surface area contributed by atoms with Crippen LogP contribution in [-0.2, 0) is 38.1 Å². The van der Waals surface area contributed by atoms with Gasteiger partial charge >= 0.3 is 23.9 Å². The van der Waals surface area contributed by atoms with E-state index in [1.807, 2.05) is 0 Å². The highest BCUT2D eigenvalue weighted by molar-refractivity contribution is 5.73. The predicted octanol–water partition coefficient (Wildman–Crippen LogP) is 6.47. The molecule has 220 valence electrons. The van der Waals surface area contributed by atoms with Crippen LogP contribution in [0, 0.1) is 11.3 Å². The Morgan fingerprint density at radius 2 is 0.921 bits per heavy atom. The smallest absolute Gasteiger partial charge is 0.308 e. The Morgan fingerprint density at radius 3 is 1.29 bits per heavy atom. The van der Waals surface area contributed by atoms with Gasteiger partial charge in [0.1, 0.15) is 31.8 Å². The highest BCUT2D eigenvalue weighted by Gasteiger charge is 2.38. The van der Waals surface area contributed by atoms with Crippen molar-refractivity contribution in [3.8, 4) is 0 Å². The first-order valence-electron chi connectivity index (χ1n) is 15.0. The van der Waals surface area contributed by atoms with E-state index in [9.17, 15) is 19.2 Å². The quantitative estimate of drug-likeness (QED) is 0.0927. The van der Waals surface area contributed by atoms with Gasteiger partial charge in [-0.05, 0) is 32.1 Å². The summed E-state index contributed by atoms with van der Waals surface area (Å²) in [7, 11) is 0. The zero-order valence-corrected chi connectivity index (χ0v) is 24.2. The van der Waals surface area contributed by atoms with Gasteiger partial charge in [-0.3, -0.25) is 19.2 Å². The minimum Gasteiger partial charge on any atom is -0.465 e. The van der Waals surface area contributed by atoms with Crippen LogP contribution in [-0.4, -0.2) is 50.3 Å². The Bertz CT molecular complexity index is 619. The summed E-state index contributed by atoms with van der Waals surface area (Å²) < 4.78 is 22.5. The summed E-state index contributed by atoms with van der Waals surface area (Å²) in [5.74, 6) is -1.57. The number of esters is 4. The maximum Gasteiger partial charge on any atom is 0.308 e. The summed E-state index contributed by atoms with van der Waals surface area (Å²) in [6.07, 6.45) is 13.4. The average Bonchev–Trinajstić information content (AvgIpc) is 2.93. The van der Waals surface area contributed by atoms with Gasteiger partial charge in [0.2, 0.25) is 0 Å². The van der Waals surface area contributed by atoms with E-state index < -0.39 is 5.41 Å². The van der Waals surface area contributed by atoms with Crippen LogP contribution < -0.4 is 0 Å². The molecule has 0 spiro atoms. The molecule has 0 N–H and O–H groups in total. The van der Waals surface area contributed by atoms with Crippen molar-refractivity contribution in [3.63, 3.8) is 0 Å². The van der Waals surface area contributed by atoms with Gasteiger partial charge in [0.05, 0.1) is 5.92 Å². The summed E-state index contributed by atoms with van der Waals surface area (Å²) in [5, 5.41) is 0. The first-order valence-corrected chi connectivity index (χ1v) is 15.0. The lowest BCUT2D eigenvalue weighted by atomic mass is 9.89. The zero-order chi connectivity index (χ0) is 28.1. The van der Waals surface area contributed by atoms with Gasteiger partial charge < -0.3 is 18.9 Å². The minimum atomic E-state index is -1.16. The van der Waals surface area contributed by atoms with Gasteiger partial charge in [0.15, 0.2) is 0 Å². The van der Waals surface area contributed by atoms with E-state index in [1.54, 1.807) is 0 Å².